The first-order chi connectivity index (χ1) is 15.6. The van der Waals surface area contributed by atoms with Crippen molar-refractivity contribution in [2.75, 3.05) is 19.8 Å². The summed E-state index contributed by atoms with van der Waals surface area (Å²) >= 11 is 0. The van der Waals surface area contributed by atoms with Gasteiger partial charge >= 0.3 is 5.97 Å². The Morgan fingerprint density at radius 3 is 2.55 bits per heavy atom. The fourth-order valence-electron chi connectivity index (χ4n) is 3.65. The van der Waals surface area contributed by atoms with E-state index in [0.29, 0.717) is 37.1 Å². The van der Waals surface area contributed by atoms with E-state index in [2.05, 4.69) is 5.32 Å². The molecule has 1 aliphatic carbocycles. The van der Waals surface area contributed by atoms with Crippen molar-refractivity contribution in [2.45, 2.75) is 77.0 Å². The maximum absolute atomic E-state index is 13.3. The first-order valence-corrected chi connectivity index (χ1v) is 11.7. The van der Waals surface area contributed by atoms with Gasteiger partial charge in [-0.2, -0.15) is 0 Å². The molecule has 1 saturated carbocycles. The van der Waals surface area contributed by atoms with Crippen LogP contribution in [0.25, 0.3) is 0 Å². The Kier molecular flexibility index (Phi) is 8.00. The maximum atomic E-state index is 13.3. The lowest BCUT2D eigenvalue weighted by atomic mass is 9.87. The molecule has 8 heteroatoms. The van der Waals surface area contributed by atoms with Crippen LogP contribution in [0.3, 0.4) is 0 Å². The van der Waals surface area contributed by atoms with Crippen molar-refractivity contribution < 1.29 is 28.9 Å². The highest BCUT2D eigenvalue weighted by Crippen LogP contribution is 2.35. The van der Waals surface area contributed by atoms with E-state index in [0.717, 1.165) is 18.4 Å². The van der Waals surface area contributed by atoms with Crippen molar-refractivity contribution in [2.24, 2.45) is 10.9 Å². The Labute approximate surface area is 195 Å². The molecule has 33 heavy (non-hydrogen) atoms. The average molecular weight is 461 g/mol. The van der Waals surface area contributed by atoms with Gasteiger partial charge in [-0.3, -0.25) is 9.59 Å². The zero-order valence-corrected chi connectivity index (χ0v) is 20.1. The first kappa shape index (κ1) is 25.0. The Morgan fingerprint density at radius 1 is 1.24 bits per heavy atom. The quantitative estimate of drug-likeness (QED) is 0.388. The molecule has 0 saturated heterocycles. The van der Waals surface area contributed by atoms with Crippen LogP contribution >= 0.6 is 0 Å². The number of aliphatic hydroxyl groups is 1. The minimum atomic E-state index is -1.20. The van der Waals surface area contributed by atoms with Gasteiger partial charge in [0.15, 0.2) is 5.54 Å². The highest BCUT2D eigenvalue weighted by Gasteiger charge is 2.50. The normalized spacial score (nSPS) is 22.3. The third-order valence-electron chi connectivity index (χ3n) is 5.71. The van der Waals surface area contributed by atoms with Crippen molar-refractivity contribution in [1.29, 1.82) is 0 Å². The predicted octanol–water partition coefficient (Wildman–Crippen LogP) is 3.00. The lowest BCUT2D eigenvalue weighted by Gasteiger charge is -2.28. The minimum absolute atomic E-state index is 0.0657. The molecule has 0 radical (unpaired) electrons. The molecule has 1 aromatic carbocycles. The van der Waals surface area contributed by atoms with Crippen molar-refractivity contribution >= 4 is 17.8 Å². The molecule has 8 nitrogen and oxygen atoms in total. The van der Waals surface area contributed by atoms with E-state index < -0.39 is 17.2 Å². The van der Waals surface area contributed by atoms with Gasteiger partial charge in [-0.1, -0.05) is 0 Å². The Balaban J connectivity index is 1.77. The summed E-state index contributed by atoms with van der Waals surface area (Å²) in [5.41, 5.74) is -1.06. The van der Waals surface area contributed by atoms with Crippen LogP contribution in [0.15, 0.2) is 29.3 Å². The SMILES string of the molecule is C[C@H]1OC(c2ccc(OCCCO)cc2)=N[C@@]1(CCC(=O)OC(C)(C)C)C(=O)NCC1CC1. The molecular formula is C25H36N2O6. The lowest BCUT2D eigenvalue weighted by Crippen LogP contribution is -2.51. The van der Waals surface area contributed by atoms with Gasteiger partial charge in [0.25, 0.3) is 5.91 Å². The van der Waals surface area contributed by atoms with Crippen LogP contribution in [0.5, 0.6) is 5.75 Å². The van der Waals surface area contributed by atoms with Gasteiger partial charge < -0.3 is 24.6 Å². The fourth-order valence-corrected chi connectivity index (χ4v) is 3.65. The molecule has 1 amide bonds. The van der Waals surface area contributed by atoms with E-state index in [1.54, 1.807) is 12.1 Å². The second kappa shape index (κ2) is 10.5. The molecular weight excluding hydrogens is 424 g/mol. The third kappa shape index (κ3) is 6.93. The zero-order valence-electron chi connectivity index (χ0n) is 20.1. The van der Waals surface area contributed by atoms with Crippen LogP contribution in [0.1, 0.15) is 65.4 Å². The first-order valence-electron chi connectivity index (χ1n) is 11.7. The van der Waals surface area contributed by atoms with Crippen molar-refractivity contribution in [1.82, 2.24) is 5.32 Å². The Bertz CT molecular complexity index is 857. The highest BCUT2D eigenvalue weighted by atomic mass is 16.6. The predicted molar refractivity (Wildman–Crippen MR) is 124 cm³/mol. The lowest BCUT2D eigenvalue weighted by molar-refractivity contribution is -0.155. The number of nitrogens with one attached hydrogen (secondary N) is 1. The van der Waals surface area contributed by atoms with Gasteiger partial charge in [0, 0.05) is 31.6 Å². The molecule has 182 valence electrons. The number of hydrogen-bond donors (Lipinski definition) is 2. The second-order valence-electron chi connectivity index (χ2n) is 9.79. The molecule has 1 aromatic rings. The summed E-state index contributed by atoms with van der Waals surface area (Å²) < 4.78 is 17.1. The number of carbonyl (C=O) groups is 2. The molecule has 0 unspecified atom stereocenters. The summed E-state index contributed by atoms with van der Waals surface area (Å²) in [7, 11) is 0. The number of aliphatic hydroxyl groups excluding tert-OH is 1. The molecule has 1 fully saturated rings. The van der Waals surface area contributed by atoms with E-state index in [1.807, 2.05) is 39.8 Å². The number of esters is 1. The zero-order chi connectivity index (χ0) is 24.1. The molecule has 0 bridgehead atoms. The molecule has 1 heterocycles. The molecule has 2 atom stereocenters. The summed E-state index contributed by atoms with van der Waals surface area (Å²) in [6.45, 7) is 8.39. The van der Waals surface area contributed by atoms with Crippen LogP contribution in [0, 0.1) is 5.92 Å². The number of aliphatic imine (C=N–C) groups is 1. The van der Waals surface area contributed by atoms with Gasteiger partial charge in [-0.15, -0.1) is 0 Å². The molecule has 1 aliphatic heterocycles. The summed E-state index contributed by atoms with van der Waals surface area (Å²) in [5, 5.41) is 11.9. The van der Waals surface area contributed by atoms with Gasteiger partial charge in [-0.05, 0) is 77.1 Å². The highest BCUT2D eigenvalue weighted by molar-refractivity contribution is 6.00. The molecule has 3 rings (SSSR count). The summed E-state index contributed by atoms with van der Waals surface area (Å²) in [5.74, 6) is 0.991. The fraction of sp³-hybridized carbons (Fsp3) is 0.640. The number of rotatable bonds is 11. The summed E-state index contributed by atoms with van der Waals surface area (Å²) in [6, 6.07) is 7.26. The molecule has 0 spiro atoms. The average Bonchev–Trinajstić information content (AvgIpc) is 3.52. The smallest absolute Gasteiger partial charge is 0.306 e. The van der Waals surface area contributed by atoms with Crippen LogP contribution < -0.4 is 10.1 Å². The van der Waals surface area contributed by atoms with E-state index in [-0.39, 0.29) is 31.3 Å². The number of benzene rings is 1. The van der Waals surface area contributed by atoms with Gasteiger partial charge in [0.1, 0.15) is 17.5 Å². The number of nitrogens with zero attached hydrogens (tertiary/aromatic N) is 1. The standard InChI is InChI=1S/C25H36N2O6/c1-17-25(23(30)26-16-18-6-7-18,13-12-21(29)33-24(2,3)4)27-22(32-17)19-8-10-20(11-9-19)31-15-5-14-28/h8-11,17-18,28H,5-7,12-16H2,1-4H3,(H,26,30)/t17-,25-/m1/s1. The maximum Gasteiger partial charge on any atom is 0.306 e. The summed E-state index contributed by atoms with van der Waals surface area (Å²) in [4.78, 5) is 30.4. The number of amides is 1. The third-order valence-corrected chi connectivity index (χ3v) is 5.71. The second-order valence-corrected chi connectivity index (χ2v) is 9.79. The van der Waals surface area contributed by atoms with Gasteiger partial charge in [-0.25, -0.2) is 4.99 Å². The van der Waals surface area contributed by atoms with Crippen molar-refractivity contribution in [3.8, 4) is 5.75 Å². The van der Waals surface area contributed by atoms with Crippen LogP contribution in [-0.2, 0) is 19.1 Å². The molecule has 2 aliphatic rings. The van der Waals surface area contributed by atoms with Crippen LogP contribution in [0.4, 0.5) is 0 Å². The van der Waals surface area contributed by atoms with E-state index in [1.165, 1.54) is 0 Å². The number of hydrogen-bond acceptors (Lipinski definition) is 7. The number of carbonyl (C=O) groups excluding carboxylic acids is 2. The van der Waals surface area contributed by atoms with Crippen molar-refractivity contribution in [3.63, 3.8) is 0 Å². The van der Waals surface area contributed by atoms with Crippen LogP contribution in [-0.4, -0.2) is 59.9 Å². The van der Waals surface area contributed by atoms with E-state index in [9.17, 15) is 9.59 Å². The Morgan fingerprint density at radius 2 is 1.94 bits per heavy atom. The monoisotopic (exact) mass is 460 g/mol. The van der Waals surface area contributed by atoms with Gasteiger partial charge in [0.2, 0.25) is 5.90 Å². The Hall–Kier alpha value is -2.61. The molecule has 0 aromatic heterocycles. The largest absolute Gasteiger partial charge is 0.494 e. The van der Waals surface area contributed by atoms with Crippen molar-refractivity contribution in [3.05, 3.63) is 29.8 Å². The topological polar surface area (TPSA) is 106 Å². The summed E-state index contributed by atoms with van der Waals surface area (Å²) in [6.07, 6.45) is 2.54. The number of ether oxygens (including phenoxy) is 3. The van der Waals surface area contributed by atoms with E-state index >= 15 is 0 Å². The van der Waals surface area contributed by atoms with E-state index in [4.69, 9.17) is 24.3 Å². The minimum Gasteiger partial charge on any atom is -0.494 e. The van der Waals surface area contributed by atoms with Gasteiger partial charge in [0.05, 0.1) is 6.61 Å². The molecule has 2 N–H and O–H groups in total. The van der Waals surface area contributed by atoms with Crippen LogP contribution in [0.2, 0.25) is 0 Å².